The fourth-order valence-corrected chi connectivity index (χ4v) is 4.84. The molecule has 1 N–H and O–H groups in total. The van der Waals surface area contributed by atoms with E-state index in [2.05, 4.69) is 4.98 Å². The van der Waals surface area contributed by atoms with E-state index in [0.29, 0.717) is 0 Å². The summed E-state index contributed by atoms with van der Waals surface area (Å²) in [6, 6.07) is 0. The molecular formula is C14H21NOS. The summed E-state index contributed by atoms with van der Waals surface area (Å²) < 4.78 is 0. The van der Waals surface area contributed by atoms with Crippen LogP contribution in [0.4, 0.5) is 0 Å². The Hall–Kier alpha value is -0.410. The SMILES string of the molecule is Cc1nc(C)c(C(O)CC2CC3CCC2C3)s1. The van der Waals surface area contributed by atoms with Crippen molar-refractivity contribution in [2.24, 2.45) is 17.8 Å². The molecule has 0 saturated heterocycles. The number of aromatic nitrogens is 1. The average Bonchev–Trinajstić information content (AvgIpc) is 2.93. The van der Waals surface area contributed by atoms with Crippen molar-refractivity contribution in [3.63, 3.8) is 0 Å². The molecule has 3 heteroatoms. The average molecular weight is 251 g/mol. The summed E-state index contributed by atoms with van der Waals surface area (Å²) in [6.45, 7) is 4.04. The third-order valence-corrected chi connectivity index (χ3v) is 5.83. The molecule has 4 atom stereocenters. The van der Waals surface area contributed by atoms with Crippen molar-refractivity contribution in [2.75, 3.05) is 0 Å². The van der Waals surface area contributed by atoms with Crippen LogP contribution in [0.25, 0.3) is 0 Å². The van der Waals surface area contributed by atoms with Gasteiger partial charge in [-0.25, -0.2) is 4.98 Å². The van der Waals surface area contributed by atoms with Crippen LogP contribution in [0, 0.1) is 31.6 Å². The Bertz CT molecular complexity index is 414. The van der Waals surface area contributed by atoms with Crippen molar-refractivity contribution >= 4 is 11.3 Å². The molecule has 17 heavy (non-hydrogen) atoms. The summed E-state index contributed by atoms with van der Waals surface area (Å²) in [5.41, 5.74) is 1.03. The molecule has 0 aliphatic heterocycles. The molecule has 1 heterocycles. The fraction of sp³-hybridized carbons (Fsp3) is 0.786. The first-order chi connectivity index (χ1) is 8.13. The summed E-state index contributed by atoms with van der Waals surface area (Å²) in [5, 5.41) is 11.4. The molecule has 2 saturated carbocycles. The number of nitrogens with zero attached hydrogens (tertiary/aromatic N) is 1. The highest BCUT2D eigenvalue weighted by Gasteiger charge is 2.40. The van der Waals surface area contributed by atoms with Gasteiger partial charge in [0.2, 0.25) is 0 Å². The van der Waals surface area contributed by atoms with Crippen LogP contribution in [0.15, 0.2) is 0 Å². The van der Waals surface area contributed by atoms with Crippen LogP contribution in [0.1, 0.15) is 53.8 Å². The smallest absolute Gasteiger partial charge is 0.0903 e. The van der Waals surface area contributed by atoms with Crippen molar-refractivity contribution in [1.29, 1.82) is 0 Å². The number of aryl methyl sites for hydroxylation is 2. The summed E-state index contributed by atoms with van der Waals surface area (Å²) >= 11 is 1.66. The van der Waals surface area contributed by atoms with Gasteiger partial charge in [-0.2, -0.15) is 0 Å². The maximum absolute atomic E-state index is 10.4. The van der Waals surface area contributed by atoms with E-state index in [0.717, 1.165) is 39.8 Å². The molecule has 0 radical (unpaired) electrons. The van der Waals surface area contributed by atoms with E-state index in [1.165, 1.54) is 25.7 Å². The largest absolute Gasteiger partial charge is 0.387 e. The van der Waals surface area contributed by atoms with Gasteiger partial charge in [-0.05, 0) is 57.3 Å². The van der Waals surface area contributed by atoms with Gasteiger partial charge in [0.25, 0.3) is 0 Å². The third kappa shape index (κ3) is 2.15. The van der Waals surface area contributed by atoms with Gasteiger partial charge in [-0.1, -0.05) is 6.42 Å². The lowest BCUT2D eigenvalue weighted by Gasteiger charge is -2.23. The summed E-state index contributed by atoms with van der Waals surface area (Å²) in [6.07, 6.45) is 6.32. The summed E-state index contributed by atoms with van der Waals surface area (Å²) in [4.78, 5) is 5.52. The topological polar surface area (TPSA) is 33.1 Å². The molecule has 1 aromatic heterocycles. The van der Waals surface area contributed by atoms with Gasteiger partial charge in [0, 0.05) is 0 Å². The predicted octanol–water partition coefficient (Wildman–Crippen LogP) is 3.62. The van der Waals surface area contributed by atoms with E-state index in [4.69, 9.17) is 0 Å². The second-order valence-electron chi connectivity index (χ2n) is 5.87. The van der Waals surface area contributed by atoms with E-state index >= 15 is 0 Å². The Morgan fingerprint density at radius 1 is 1.35 bits per heavy atom. The number of rotatable bonds is 3. The Morgan fingerprint density at radius 2 is 2.18 bits per heavy atom. The molecule has 2 aliphatic rings. The van der Waals surface area contributed by atoms with Crippen molar-refractivity contribution in [3.8, 4) is 0 Å². The van der Waals surface area contributed by atoms with Crippen molar-refractivity contribution in [3.05, 3.63) is 15.6 Å². The number of thiazole rings is 1. The molecule has 0 aromatic carbocycles. The molecule has 0 amide bonds. The van der Waals surface area contributed by atoms with Crippen LogP contribution >= 0.6 is 11.3 Å². The highest BCUT2D eigenvalue weighted by molar-refractivity contribution is 7.11. The first-order valence-corrected chi connectivity index (χ1v) is 7.57. The number of aliphatic hydroxyl groups is 1. The highest BCUT2D eigenvalue weighted by Crippen LogP contribution is 2.51. The van der Waals surface area contributed by atoms with Crippen molar-refractivity contribution in [2.45, 2.75) is 52.1 Å². The minimum absolute atomic E-state index is 0.273. The van der Waals surface area contributed by atoms with E-state index in [1.807, 2.05) is 13.8 Å². The normalized spacial score (nSPS) is 33.2. The minimum Gasteiger partial charge on any atom is -0.387 e. The summed E-state index contributed by atoms with van der Waals surface area (Å²) in [5.74, 6) is 2.65. The van der Waals surface area contributed by atoms with E-state index in [-0.39, 0.29) is 6.10 Å². The minimum atomic E-state index is -0.273. The molecule has 2 bridgehead atoms. The fourth-order valence-electron chi connectivity index (χ4n) is 3.92. The van der Waals surface area contributed by atoms with Gasteiger partial charge in [0.15, 0.2) is 0 Å². The third-order valence-electron chi connectivity index (χ3n) is 4.65. The number of fused-ring (bicyclic) bond motifs is 2. The molecule has 0 spiro atoms. The molecule has 94 valence electrons. The Labute approximate surface area is 107 Å². The second-order valence-corrected chi connectivity index (χ2v) is 7.10. The van der Waals surface area contributed by atoms with Gasteiger partial charge < -0.3 is 5.11 Å². The van der Waals surface area contributed by atoms with Crippen molar-refractivity contribution < 1.29 is 5.11 Å². The zero-order valence-electron chi connectivity index (χ0n) is 10.6. The van der Waals surface area contributed by atoms with Gasteiger partial charge in [-0.15, -0.1) is 11.3 Å². The first-order valence-electron chi connectivity index (χ1n) is 6.75. The van der Waals surface area contributed by atoms with E-state index < -0.39 is 0 Å². The number of hydrogen-bond acceptors (Lipinski definition) is 3. The molecule has 2 aliphatic carbocycles. The van der Waals surface area contributed by atoms with Crippen LogP contribution in [0.2, 0.25) is 0 Å². The van der Waals surface area contributed by atoms with Crippen LogP contribution in [0.3, 0.4) is 0 Å². The zero-order valence-corrected chi connectivity index (χ0v) is 11.5. The molecule has 2 nitrogen and oxygen atoms in total. The van der Waals surface area contributed by atoms with E-state index in [1.54, 1.807) is 11.3 Å². The maximum Gasteiger partial charge on any atom is 0.0903 e. The Kier molecular flexibility index (Phi) is 2.99. The number of hydrogen-bond donors (Lipinski definition) is 1. The van der Waals surface area contributed by atoms with Crippen LogP contribution in [-0.4, -0.2) is 10.1 Å². The maximum atomic E-state index is 10.4. The highest BCUT2D eigenvalue weighted by atomic mass is 32.1. The standard InChI is InChI=1S/C14H21NOS/c1-8-14(17-9(2)15-8)13(16)7-12-6-10-3-4-11(12)5-10/h10-13,16H,3-7H2,1-2H3. The molecular weight excluding hydrogens is 230 g/mol. The molecule has 2 fully saturated rings. The van der Waals surface area contributed by atoms with Crippen LogP contribution in [-0.2, 0) is 0 Å². The summed E-state index contributed by atoms with van der Waals surface area (Å²) in [7, 11) is 0. The lowest BCUT2D eigenvalue weighted by atomic mass is 9.84. The Morgan fingerprint density at radius 3 is 2.71 bits per heavy atom. The lowest BCUT2D eigenvalue weighted by Crippen LogP contribution is -2.14. The van der Waals surface area contributed by atoms with Crippen LogP contribution < -0.4 is 0 Å². The van der Waals surface area contributed by atoms with Gasteiger partial charge in [0.1, 0.15) is 0 Å². The lowest BCUT2D eigenvalue weighted by molar-refractivity contribution is 0.128. The quantitative estimate of drug-likeness (QED) is 0.890. The second kappa shape index (κ2) is 4.36. The number of aliphatic hydroxyl groups excluding tert-OH is 1. The molecule has 3 rings (SSSR count). The van der Waals surface area contributed by atoms with Crippen LogP contribution in [0.5, 0.6) is 0 Å². The predicted molar refractivity (Wildman–Crippen MR) is 70.1 cm³/mol. The van der Waals surface area contributed by atoms with Gasteiger partial charge in [0.05, 0.1) is 21.7 Å². The molecule has 4 unspecified atom stereocenters. The van der Waals surface area contributed by atoms with E-state index in [9.17, 15) is 5.11 Å². The Balaban J connectivity index is 1.67. The first kappa shape index (κ1) is 11.7. The van der Waals surface area contributed by atoms with Gasteiger partial charge in [-0.3, -0.25) is 0 Å². The monoisotopic (exact) mass is 251 g/mol. The molecule has 1 aromatic rings. The van der Waals surface area contributed by atoms with Gasteiger partial charge >= 0.3 is 0 Å². The van der Waals surface area contributed by atoms with Crippen molar-refractivity contribution in [1.82, 2.24) is 4.98 Å². The zero-order chi connectivity index (χ0) is 12.0.